The summed E-state index contributed by atoms with van der Waals surface area (Å²) in [7, 11) is 0. The van der Waals surface area contributed by atoms with Crippen molar-refractivity contribution in [1.29, 1.82) is 0 Å². The molecule has 1 aromatic heterocycles. The molecule has 0 bridgehead atoms. The Labute approximate surface area is 182 Å². The van der Waals surface area contributed by atoms with Gasteiger partial charge in [-0.25, -0.2) is 9.97 Å². The van der Waals surface area contributed by atoms with Crippen molar-refractivity contribution in [1.82, 2.24) is 20.6 Å². The van der Waals surface area contributed by atoms with Crippen molar-refractivity contribution < 1.29 is 9.59 Å². The third-order valence-electron chi connectivity index (χ3n) is 6.10. The Morgan fingerprint density at radius 3 is 2.42 bits per heavy atom. The molecule has 2 aliphatic rings. The van der Waals surface area contributed by atoms with Gasteiger partial charge in [-0.1, -0.05) is 26.0 Å². The molecule has 2 aromatic rings. The molecule has 0 saturated carbocycles. The van der Waals surface area contributed by atoms with Crippen LogP contribution in [0.3, 0.4) is 0 Å². The molecular formula is C23H30N6O2. The number of amides is 2. The topological polar surface area (TPSA) is 99.3 Å². The van der Waals surface area contributed by atoms with Crippen molar-refractivity contribution in [2.75, 3.05) is 29.9 Å². The molecule has 164 valence electrons. The molecule has 8 nitrogen and oxygen atoms in total. The maximum atomic E-state index is 12.1. The Balaban J connectivity index is 1.27. The number of hydrogen-bond acceptors (Lipinski definition) is 6. The number of rotatable bonds is 6. The van der Waals surface area contributed by atoms with Crippen LogP contribution in [0.25, 0.3) is 0 Å². The molecule has 31 heavy (non-hydrogen) atoms. The normalized spacial score (nSPS) is 20.3. The number of carbonyl (C=O) groups is 2. The van der Waals surface area contributed by atoms with E-state index >= 15 is 0 Å². The SMILES string of the molecule is CC1(C)CCN(c2ncc(Nc3ccc(CNC(=O)C4CNC(=O)C4)cc3)cn2)CC1. The number of carbonyl (C=O) groups excluding carboxylic acids is 2. The zero-order valence-electron chi connectivity index (χ0n) is 18.1. The number of hydrogen-bond donors (Lipinski definition) is 3. The minimum Gasteiger partial charge on any atom is -0.355 e. The summed E-state index contributed by atoms with van der Waals surface area (Å²) >= 11 is 0. The lowest BCUT2D eigenvalue weighted by molar-refractivity contribution is -0.126. The molecule has 2 fully saturated rings. The summed E-state index contributed by atoms with van der Waals surface area (Å²) in [5.74, 6) is 0.363. The lowest BCUT2D eigenvalue weighted by Gasteiger charge is -2.36. The highest BCUT2D eigenvalue weighted by Gasteiger charge is 2.28. The highest BCUT2D eigenvalue weighted by molar-refractivity contribution is 5.89. The first-order valence-corrected chi connectivity index (χ1v) is 10.9. The van der Waals surface area contributed by atoms with Crippen LogP contribution >= 0.6 is 0 Å². The van der Waals surface area contributed by atoms with E-state index in [-0.39, 0.29) is 24.2 Å². The van der Waals surface area contributed by atoms with E-state index in [0.717, 1.165) is 48.8 Å². The molecule has 4 rings (SSSR count). The Hall–Kier alpha value is -3.16. The molecule has 1 atom stereocenters. The average Bonchev–Trinajstić information content (AvgIpc) is 3.20. The number of nitrogens with one attached hydrogen (secondary N) is 3. The summed E-state index contributed by atoms with van der Waals surface area (Å²) in [6.07, 6.45) is 6.20. The zero-order chi connectivity index (χ0) is 21.8. The van der Waals surface area contributed by atoms with Crippen LogP contribution in [0, 0.1) is 11.3 Å². The van der Waals surface area contributed by atoms with E-state index in [1.165, 1.54) is 0 Å². The van der Waals surface area contributed by atoms with E-state index in [4.69, 9.17) is 0 Å². The highest BCUT2D eigenvalue weighted by atomic mass is 16.2. The number of anilines is 3. The number of aromatic nitrogens is 2. The van der Waals surface area contributed by atoms with E-state index in [9.17, 15) is 9.59 Å². The Kier molecular flexibility index (Phi) is 6.06. The average molecular weight is 423 g/mol. The van der Waals surface area contributed by atoms with Crippen LogP contribution in [0.2, 0.25) is 0 Å². The molecule has 3 heterocycles. The van der Waals surface area contributed by atoms with Crippen LogP contribution in [0.1, 0.15) is 38.7 Å². The van der Waals surface area contributed by atoms with Gasteiger partial charge in [0.25, 0.3) is 0 Å². The first-order valence-electron chi connectivity index (χ1n) is 10.9. The Morgan fingerprint density at radius 2 is 1.81 bits per heavy atom. The Bertz CT molecular complexity index is 916. The number of benzene rings is 1. The summed E-state index contributed by atoms with van der Waals surface area (Å²) in [5, 5.41) is 8.89. The number of piperidine rings is 1. The van der Waals surface area contributed by atoms with Gasteiger partial charge in [-0.3, -0.25) is 9.59 Å². The zero-order valence-corrected chi connectivity index (χ0v) is 18.1. The summed E-state index contributed by atoms with van der Waals surface area (Å²) in [4.78, 5) is 34.7. The standard InChI is InChI=1S/C23H30N6O2/c1-23(2)7-9-29(10-8-23)22-26-14-19(15-27-22)28-18-5-3-16(4-6-18)12-25-21(31)17-11-20(30)24-13-17/h3-6,14-15,17,28H,7-13H2,1-2H3,(H,24,30)(H,25,31). The molecule has 3 N–H and O–H groups in total. The van der Waals surface area contributed by atoms with Gasteiger partial charge in [-0.05, 0) is 36.0 Å². The Morgan fingerprint density at radius 1 is 1.13 bits per heavy atom. The molecule has 2 aliphatic heterocycles. The molecule has 0 aliphatic carbocycles. The van der Waals surface area contributed by atoms with Crippen molar-refractivity contribution in [2.45, 2.75) is 39.7 Å². The van der Waals surface area contributed by atoms with E-state index in [0.29, 0.717) is 18.5 Å². The van der Waals surface area contributed by atoms with Crippen molar-refractivity contribution in [2.24, 2.45) is 11.3 Å². The number of nitrogens with zero attached hydrogens (tertiary/aromatic N) is 3. The molecule has 8 heteroatoms. The maximum Gasteiger partial charge on any atom is 0.225 e. The molecule has 2 amide bonds. The summed E-state index contributed by atoms with van der Waals surface area (Å²) in [6, 6.07) is 7.85. The predicted molar refractivity (Wildman–Crippen MR) is 120 cm³/mol. The van der Waals surface area contributed by atoms with Gasteiger partial charge in [0, 0.05) is 38.3 Å². The minimum atomic E-state index is -0.271. The molecular weight excluding hydrogens is 392 g/mol. The van der Waals surface area contributed by atoms with Crippen LogP contribution in [-0.2, 0) is 16.1 Å². The second kappa shape index (κ2) is 8.91. The summed E-state index contributed by atoms with van der Waals surface area (Å²) in [5.41, 5.74) is 3.16. The van der Waals surface area contributed by atoms with Crippen LogP contribution in [0.15, 0.2) is 36.7 Å². The summed E-state index contributed by atoms with van der Waals surface area (Å²) < 4.78 is 0. The monoisotopic (exact) mass is 422 g/mol. The van der Waals surface area contributed by atoms with Crippen LogP contribution in [-0.4, -0.2) is 41.4 Å². The van der Waals surface area contributed by atoms with Crippen molar-refractivity contribution in [3.05, 3.63) is 42.2 Å². The van der Waals surface area contributed by atoms with Crippen LogP contribution in [0.4, 0.5) is 17.3 Å². The quantitative estimate of drug-likeness (QED) is 0.662. The first-order chi connectivity index (χ1) is 14.9. The molecule has 0 spiro atoms. The lowest BCUT2D eigenvalue weighted by Crippen LogP contribution is -2.38. The first kappa shape index (κ1) is 21.1. The second-order valence-corrected chi connectivity index (χ2v) is 9.17. The van der Waals surface area contributed by atoms with Gasteiger partial charge >= 0.3 is 0 Å². The minimum absolute atomic E-state index is 0.0625. The molecule has 0 radical (unpaired) electrons. The third kappa shape index (κ3) is 5.51. The molecule has 2 saturated heterocycles. The van der Waals surface area contributed by atoms with Crippen molar-refractivity contribution in [3.63, 3.8) is 0 Å². The van der Waals surface area contributed by atoms with Gasteiger partial charge in [-0.2, -0.15) is 0 Å². The fourth-order valence-electron chi connectivity index (χ4n) is 3.86. The van der Waals surface area contributed by atoms with Gasteiger partial charge in [-0.15, -0.1) is 0 Å². The maximum absolute atomic E-state index is 12.1. The third-order valence-corrected chi connectivity index (χ3v) is 6.10. The van der Waals surface area contributed by atoms with Crippen molar-refractivity contribution in [3.8, 4) is 0 Å². The van der Waals surface area contributed by atoms with E-state index in [1.807, 2.05) is 36.7 Å². The fraction of sp³-hybridized carbons (Fsp3) is 0.478. The van der Waals surface area contributed by atoms with E-state index < -0.39 is 0 Å². The van der Waals surface area contributed by atoms with Crippen LogP contribution < -0.4 is 20.9 Å². The highest BCUT2D eigenvalue weighted by Crippen LogP contribution is 2.31. The van der Waals surface area contributed by atoms with Gasteiger partial charge in [0.05, 0.1) is 24.0 Å². The van der Waals surface area contributed by atoms with E-state index in [1.54, 1.807) is 0 Å². The largest absolute Gasteiger partial charge is 0.355 e. The molecule has 1 unspecified atom stereocenters. The predicted octanol–water partition coefficient (Wildman–Crippen LogP) is 2.60. The van der Waals surface area contributed by atoms with E-state index in [2.05, 4.69) is 44.7 Å². The van der Waals surface area contributed by atoms with Gasteiger partial charge in [0.1, 0.15) is 0 Å². The van der Waals surface area contributed by atoms with Gasteiger partial charge < -0.3 is 20.9 Å². The van der Waals surface area contributed by atoms with Gasteiger partial charge in [0.15, 0.2) is 0 Å². The second-order valence-electron chi connectivity index (χ2n) is 9.17. The van der Waals surface area contributed by atoms with Crippen molar-refractivity contribution >= 4 is 29.1 Å². The molecule has 1 aromatic carbocycles. The summed E-state index contributed by atoms with van der Waals surface area (Å²) in [6.45, 7) is 7.47. The fourth-order valence-corrected chi connectivity index (χ4v) is 3.86. The van der Waals surface area contributed by atoms with Gasteiger partial charge in [0.2, 0.25) is 17.8 Å². The lowest BCUT2D eigenvalue weighted by atomic mass is 9.83. The smallest absolute Gasteiger partial charge is 0.225 e. The van der Waals surface area contributed by atoms with Crippen LogP contribution in [0.5, 0.6) is 0 Å².